The lowest BCUT2D eigenvalue weighted by atomic mass is 10.2. The number of aryl methyl sites for hydroxylation is 1. The van der Waals surface area contributed by atoms with Gasteiger partial charge < -0.3 is 4.98 Å². The number of carbonyl (C=O) groups is 1. The van der Waals surface area contributed by atoms with Crippen LogP contribution in [0.25, 0.3) is 11.3 Å². The number of H-pyrrole nitrogens is 1. The van der Waals surface area contributed by atoms with Gasteiger partial charge in [0.2, 0.25) is 0 Å². The van der Waals surface area contributed by atoms with Crippen LogP contribution in [0.2, 0.25) is 0 Å². The van der Waals surface area contributed by atoms with E-state index in [0.29, 0.717) is 5.56 Å². The fourth-order valence-corrected chi connectivity index (χ4v) is 1.38. The third-order valence-corrected chi connectivity index (χ3v) is 2.17. The van der Waals surface area contributed by atoms with Crippen molar-refractivity contribution in [3.05, 3.63) is 41.9 Å². The van der Waals surface area contributed by atoms with Gasteiger partial charge in [0.05, 0.1) is 0 Å². The molecule has 2 heterocycles. The summed E-state index contributed by atoms with van der Waals surface area (Å²) in [7, 11) is 0. The molecule has 3 heteroatoms. The molecule has 70 valence electrons. The molecular formula is C11H10N2O. The molecule has 0 aliphatic rings. The predicted octanol–water partition coefficient (Wildman–Crippen LogP) is 2.20. The fourth-order valence-electron chi connectivity index (χ4n) is 1.38. The van der Waals surface area contributed by atoms with Gasteiger partial charge in [0.15, 0.2) is 6.29 Å². The monoisotopic (exact) mass is 186 g/mol. The van der Waals surface area contributed by atoms with Crippen molar-refractivity contribution in [1.82, 2.24) is 9.97 Å². The first kappa shape index (κ1) is 8.69. The molecule has 0 amide bonds. The molecule has 0 aliphatic carbocycles. The quantitative estimate of drug-likeness (QED) is 0.731. The Labute approximate surface area is 81.8 Å². The Bertz CT molecular complexity index is 446. The minimum absolute atomic E-state index is 0.705. The van der Waals surface area contributed by atoms with Crippen molar-refractivity contribution in [2.24, 2.45) is 0 Å². The summed E-state index contributed by atoms with van der Waals surface area (Å²) in [6.45, 7) is 1.88. The lowest BCUT2D eigenvalue weighted by Crippen LogP contribution is -1.78. The van der Waals surface area contributed by atoms with Crippen molar-refractivity contribution in [2.75, 3.05) is 0 Å². The van der Waals surface area contributed by atoms with Gasteiger partial charge in [0.1, 0.15) is 0 Å². The number of hydrogen-bond acceptors (Lipinski definition) is 2. The highest BCUT2D eigenvalue weighted by Gasteiger charge is 2.04. The van der Waals surface area contributed by atoms with Crippen LogP contribution in [0.5, 0.6) is 0 Å². The molecule has 0 spiro atoms. The van der Waals surface area contributed by atoms with Gasteiger partial charge in [-0.2, -0.15) is 0 Å². The van der Waals surface area contributed by atoms with Gasteiger partial charge in [-0.3, -0.25) is 9.78 Å². The summed E-state index contributed by atoms with van der Waals surface area (Å²) in [6, 6.07) is 5.65. The maximum atomic E-state index is 10.6. The van der Waals surface area contributed by atoms with E-state index in [0.717, 1.165) is 23.2 Å². The molecule has 14 heavy (non-hydrogen) atoms. The number of aromatic nitrogens is 2. The summed E-state index contributed by atoms with van der Waals surface area (Å²) in [6.07, 6.45) is 4.31. The summed E-state index contributed by atoms with van der Waals surface area (Å²) in [5, 5.41) is 0. The minimum Gasteiger partial charge on any atom is -0.358 e. The fraction of sp³-hybridized carbons (Fsp3) is 0.0909. The topological polar surface area (TPSA) is 45.8 Å². The van der Waals surface area contributed by atoms with Crippen LogP contribution in [-0.4, -0.2) is 16.3 Å². The minimum atomic E-state index is 0.705. The Morgan fingerprint density at radius 1 is 1.36 bits per heavy atom. The lowest BCUT2D eigenvalue weighted by molar-refractivity contribution is 0.112. The first-order valence-corrected chi connectivity index (χ1v) is 4.36. The number of hydrogen-bond donors (Lipinski definition) is 1. The highest BCUT2D eigenvalue weighted by atomic mass is 16.1. The second-order valence-corrected chi connectivity index (χ2v) is 3.12. The van der Waals surface area contributed by atoms with Gasteiger partial charge in [0.25, 0.3) is 0 Å². The van der Waals surface area contributed by atoms with Crippen LogP contribution in [0, 0.1) is 6.92 Å². The highest BCUT2D eigenvalue weighted by molar-refractivity contribution is 5.80. The van der Waals surface area contributed by atoms with Crippen LogP contribution in [0.15, 0.2) is 30.6 Å². The van der Waals surface area contributed by atoms with Crippen molar-refractivity contribution >= 4 is 6.29 Å². The van der Waals surface area contributed by atoms with Crippen molar-refractivity contribution in [3.63, 3.8) is 0 Å². The van der Waals surface area contributed by atoms with E-state index in [1.165, 1.54) is 0 Å². The molecular weight excluding hydrogens is 176 g/mol. The van der Waals surface area contributed by atoms with Gasteiger partial charge in [-0.05, 0) is 25.1 Å². The zero-order chi connectivity index (χ0) is 9.97. The molecule has 0 aromatic carbocycles. The van der Waals surface area contributed by atoms with Crippen LogP contribution in [0.3, 0.4) is 0 Å². The van der Waals surface area contributed by atoms with E-state index >= 15 is 0 Å². The second-order valence-electron chi connectivity index (χ2n) is 3.12. The number of aromatic amines is 1. The molecule has 0 bridgehead atoms. The maximum Gasteiger partial charge on any atom is 0.151 e. The molecule has 0 atom stereocenters. The zero-order valence-corrected chi connectivity index (χ0v) is 7.82. The number of nitrogens with one attached hydrogen (secondary N) is 1. The Balaban J connectivity index is 2.48. The molecule has 3 nitrogen and oxygen atoms in total. The SMILES string of the molecule is Cc1[nH]c(-c2ccncc2)cc1C=O. The van der Waals surface area contributed by atoms with Crippen molar-refractivity contribution in [3.8, 4) is 11.3 Å². The number of rotatable bonds is 2. The molecule has 0 saturated heterocycles. The number of nitrogens with zero attached hydrogens (tertiary/aromatic N) is 1. The van der Waals surface area contributed by atoms with Gasteiger partial charge in [-0.1, -0.05) is 0 Å². The van der Waals surface area contributed by atoms with Gasteiger partial charge in [0, 0.05) is 34.9 Å². The van der Waals surface area contributed by atoms with Gasteiger partial charge >= 0.3 is 0 Å². The molecule has 2 rings (SSSR count). The van der Waals surface area contributed by atoms with E-state index in [1.807, 2.05) is 25.1 Å². The van der Waals surface area contributed by atoms with Crippen molar-refractivity contribution < 1.29 is 4.79 Å². The van der Waals surface area contributed by atoms with Crippen LogP contribution in [-0.2, 0) is 0 Å². The largest absolute Gasteiger partial charge is 0.358 e. The number of pyridine rings is 1. The molecule has 0 saturated carbocycles. The third kappa shape index (κ3) is 1.44. The average molecular weight is 186 g/mol. The number of carbonyl (C=O) groups excluding carboxylic acids is 1. The predicted molar refractivity (Wildman–Crippen MR) is 54.1 cm³/mol. The Morgan fingerprint density at radius 2 is 2.07 bits per heavy atom. The van der Waals surface area contributed by atoms with Gasteiger partial charge in [-0.15, -0.1) is 0 Å². The first-order chi connectivity index (χ1) is 6.81. The molecule has 0 fully saturated rings. The first-order valence-electron chi connectivity index (χ1n) is 4.36. The van der Waals surface area contributed by atoms with E-state index < -0.39 is 0 Å². The molecule has 2 aromatic rings. The van der Waals surface area contributed by atoms with E-state index in [-0.39, 0.29) is 0 Å². The van der Waals surface area contributed by atoms with E-state index in [9.17, 15) is 4.79 Å². The smallest absolute Gasteiger partial charge is 0.151 e. The Kier molecular flexibility index (Phi) is 2.14. The maximum absolute atomic E-state index is 10.6. The summed E-state index contributed by atoms with van der Waals surface area (Å²) in [5.41, 5.74) is 3.59. The second kappa shape index (κ2) is 3.46. The average Bonchev–Trinajstić information content (AvgIpc) is 2.61. The normalized spacial score (nSPS) is 10.1. The van der Waals surface area contributed by atoms with Crippen LogP contribution >= 0.6 is 0 Å². The highest BCUT2D eigenvalue weighted by Crippen LogP contribution is 2.19. The molecule has 0 unspecified atom stereocenters. The van der Waals surface area contributed by atoms with Crippen LogP contribution in [0.4, 0.5) is 0 Å². The van der Waals surface area contributed by atoms with Gasteiger partial charge in [-0.25, -0.2) is 0 Å². The summed E-state index contributed by atoms with van der Waals surface area (Å²) in [4.78, 5) is 17.7. The molecule has 0 aliphatic heterocycles. The van der Waals surface area contributed by atoms with E-state index in [4.69, 9.17) is 0 Å². The van der Waals surface area contributed by atoms with E-state index in [1.54, 1.807) is 12.4 Å². The van der Waals surface area contributed by atoms with Crippen LogP contribution < -0.4 is 0 Å². The zero-order valence-electron chi connectivity index (χ0n) is 7.82. The van der Waals surface area contributed by atoms with Crippen molar-refractivity contribution in [2.45, 2.75) is 6.92 Å². The summed E-state index contributed by atoms with van der Waals surface area (Å²) < 4.78 is 0. The lowest BCUT2D eigenvalue weighted by Gasteiger charge is -1.94. The number of aldehydes is 1. The summed E-state index contributed by atoms with van der Waals surface area (Å²) in [5.74, 6) is 0. The molecule has 0 radical (unpaired) electrons. The van der Waals surface area contributed by atoms with Crippen LogP contribution in [0.1, 0.15) is 16.1 Å². The Morgan fingerprint density at radius 3 is 2.64 bits per heavy atom. The summed E-state index contributed by atoms with van der Waals surface area (Å²) >= 11 is 0. The van der Waals surface area contributed by atoms with Crippen molar-refractivity contribution in [1.29, 1.82) is 0 Å². The Hall–Kier alpha value is -1.90. The molecule has 1 N–H and O–H groups in total. The van der Waals surface area contributed by atoms with E-state index in [2.05, 4.69) is 9.97 Å². The molecule has 2 aromatic heterocycles. The standard InChI is InChI=1S/C11H10N2O/c1-8-10(7-14)6-11(13-8)9-2-4-12-5-3-9/h2-7,13H,1H3. The third-order valence-electron chi connectivity index (χ3n) is 2.17.